The lowest BCUT2D eigenvalue weighted by atomic mass is 10.0. The number of thioether (sulfide) groups is 1. The van der Waals surface area contributed by atoms with Crippen molar-refractivity contribution < 1.29 is 24.3 Å². The van der Waals surface area contributed by atoms with Gasteiger partial charge in [0.05, 0.1) is 12.4 Å². The van der Waals surface area contributed by atoms with Gasteiger partial charge >= 0.3 is 5.97 Å². The van der Waals surface area contributed by atoms with Gasteiger partial charge in [-0.25, -0.2) is 9.78 Å². The molecule has 36 heavy (non-hydrogen) atoms. The maximum Gasteiger partial charge on any atom is 0.326 e. The molecule has 4 unspecified atom stereocenters. The second kappa shape index (κ2) is 16.9. The second-order valence-electron chi connectivity index (χ2n) is 9.10. The molecule has 1 rings (SSSR count). The summed E-state index contributed by atoms with van der Waals surface area (Å²) in [6.07, 6.45) is 7.20. The standard InChI is InChI=1S/C23H41N7O5S/c1-14(2)10-19(30-20(31)16(25)11-15-12-26-13-27-15)22(33)28-17(6-4-5-8-24)21(32)29-18(23(34)35)7-9-36-3/h12-14,16-19H,4-11,24-25H2,1-3H3,(H,26,27)(H,28,33)(H,29,32)(H,30,31)(H,34,35). The Balaban J connectivity index is 2.93. The SMILES string of the molecule is CSCCC(NC(=O)C(CCCCN)NC(=O)C(CC(C)C)NC(=O)C(N)Cc1cnc[nH]1)C(=O)O. The Bertz CT molecular complexity index is 822. The average molecular weight is 528 g/mol. The molecule has 1 heterocycles. The summed E-state index contributed by atoms with van der Waals surface area (Å²) in [6, 6.07) is -3.85. The summed E-state index contributed by atoms with van der Waals surface area (Å²) >= 11 is 1.47. The molecule has 204 valence electrons. The number of H-pyrrole nitrogens is 1. The third kappa shape index (κ3) is 11.9. The van der Waals surface area contributed by atoms with Gasteiger partial charge in [0.15, 0.2) is 0 Å². The van der Waals surface area contributed by atoms with Crippen LogP contribution in [0.4, 0.5) is 0 Å². The fourth-order valence-corrected chi connectivity index (χ4v) is 3.98. The summed E-state index contributed by atoms with van der Waals surface area (Å²) in [5.41, 5.74) is 12.3. The lowest BCUT2D eigenvalue weighted by Gasteiger charge is -2.26. The van der Waals surface area contributed by atoms with Gasteiger partial charge in [-0.2, -0.15) is 11.8 Å². The number of nitrogens with one attached hydrogen (secondary N) is 4. The van der Waals surface area contributed by atoms with Crippen LogP contribution in [0.25, 0.3) is 0 Å². The molecule has 4 atom stereocenters. The minimum absolute atomic E-state index is 0.0670. The number of nitrogens with zero attached hydrogens (tertiary/aromatic N) is 1. The van der Waals surface area contributed by atoms with Crippen LogP contribution in [-0.2, 0) is 25.6 Å². The van der Waals surface area contributed by atoms with Gasteiger partial charge in [-0.1, -0.05) is 13.8 Å². The number of aromatic amines is 1. The number of carbonyl (C=O) groups excluding carboxylic acids is 3. The smallest absolute Gasteiger partial charge is 0.326 e. The van der Waals surface area contributed by atoms with E-state index >= 15 is 0 Å². The first-order chi connectivity index (χ1) is 17.1. The highest BCUT2D eigenvalue weighted by Gasteiger charge is 2.30. The van der Waals surface area contributed by atoms with E-state index in [4.69, 9.17) is 11.5 Å². The Morgan fingerprint density at radius 2 is 1.67 bits per heavy atom. The van der Waals surface area contributed by atoms with Crippen molar-refractivity contribution in [1.29, 1.82) is 0 Å². The molecule has 1 aromatic heterocycles. The third-order valence-electron chi connectivity index (χ3n) is 5.48. The van der Waals surface area contributed by atoms with E-state index in [-0.39, 0.29) is 25.2 Å². The number of aliphatic carboxylic acids is 1. The predicted octanol–water partition coefficient (Wildman–Crippen LogP) is -0.253. The van der Waals surface area contributed by atoms with E-state index in [2.05, 4.69) is 25.9 Å². The quantitative estimate of drug-likeness (QED) is 0.125. The molecule has 0 aliphatic heterocycles. The minimum Gasteiger partial charge on any atom is -0.480 e. The molecule has 3 amide bonds. The third-order valence-corrected chi connectivity index (χ3v) is 6.12. The van der Waals surface area contributed by atoms with Crippen LogP contribution in [0, 0.1) is 5.92 Å². The molecule has 1 aromatic rings. The first-order valence-corrected chi connectivity index (χ1v) is 13.5. The Kier molecular flexibility index (Phi) is 14.8. The molecular weight excluding hydrogens is 486 g/mol. The van der Waals surface area contributed by atoms with E-state index in [0.29, 0.717) is 37.3 Å². The summed E-state index contributed by atoms with van der Waals surface area (Å²) in [7, 11) is 0. The zero-order valence-electron chi connectivity index (χ0n) is 21.3. The maximum absolute atomic E-state index is 13.2. The van der Waals surface area contributed by atoms with Gasteiger partial charge < -0.3 is 37.5 Å². The molecule has 12 nitrogen and oxygen atoms in total. The van der Waals surface area contributed by atoms with Gasteiger partial charge in [0, 0.05) is 18.3 Å². The monoisotopic (exact) mass is 527 g/mol. The molecular formula is C23H41N7O5S. The van der Waals surface area contributed by atoms with Crippen LogP contribution < -0.4 is 27.4 Å². The number of hydrogen-bond donors (Lipinski definition) is 7. The molecule has 0 radical (unpaired) electrons. The zero-order valence-corrected chi connectivity index (χ0v) is 22.1. The number of unbranched alkanes of at least 4 members (excludes halogenated alkanes) is 1. The van der Waals surface area contributed by atoms with Gasteiger partial charge in [0.25, 0.3) is 0 Å². The maximum atomic E-state index is 13.2. The van der Waals surface area contributed by atoms with Crippen LogP contribution >= 0.6 is 11.8 Å². The van der Waals surface area contributed by atoms with Crippen molar-refractivity contribution in [2.75, 3.05) is 18.6 Å². The lowest BCUT2D eigenvalue weighted by Crippen LogP contribution is -2.57. The highest BCUT2D eigenvalue weighted by Crippen LogP contribution is 2.09. The highest BCUT2D eigenvalue weighted by atomic mass is 32.2. The van der Waals surface area contributed by atoms with Gasteiger partial charge in [-0.3, -0.25) is 14.4 Å². The van der Waals surface area contributed by atoms with E-state index in [1.807, 2.05) is 20.1 Å². The molecule has 9 N–H and O–H groups in total. The number of imidazole rings is 1. The largest absolute Gasteiger partial charge is 0.480 e. The Hall–Kier alpha value is -2.64. The molecule has 0 aliphatic carbocycles. The van der Waals surface area contributed by atoms with E-state index < -0.39 is 47.9 Å². The molecule has 0 aliphatic rings. The predicted molar refractivity (Wildman–Crippen MR) is 139 cm³/mol. The van der Waals surface area contributed by atoms with Crippen LogP contribution in [0.15, 0.2) is 12.5 Å². The Morgan fingerprint density at radius 1 is 1.03 bits per heavy atom. The number of nitrogens with two attached hydrogens (primary N) is 2. The normalized spacial score (nSPS) is 14.5. The topological polar surface area (TPSA) is 205 Å². The lowest BCUT2D eigenvalue weighted by molar-refractivity contribution is -0.142. The van der Waals surface area contributed by atoms with E-state index in [0.717, 1.165) is 0 Å². The molecule has 0 spiro atoms. The highest BCUT2D eigenvalue weighted by molar-refractivity contribution is 7.98. The first-order valence-electron chi connectivity index (χ1n) is 12.1. The Labute approximate surface area is 216 Å². The number of carbonyl (C=O) groups is 4. The molecule has 0 saturated carbocycles. The van der Waals surface area contributed by atoms with Crippen LogP contribution in [0.5, 0.6) is 0 Å². The number of hydrogen-bond acceptors (Lipinski definition) is 8. The molecule has 0 saturated heterocycles. The number of carboxylic acids is 1. The summed E-state index contributed by atoms with van der Waals surface area (Å²) in [6.45, 7) is 4.24. The van der Waals surface area contributed by atoms with E-state index in [1.165, 1.54) is 18.1 Å². The van der Waals surface area contributed by atoms with E-state index in [1.54, 1.807) is 6.20 Å². The fourth-order valence-electron chi connectivity index (χ4n) is 3.51. The van der Waals surface area contributed by atoms with Crippen molar-refractivity contribution in [3.8, 4) is 0 Å². The molecule has 0 aromatic carbocycles. The van der Waals surface area contributed by atoms with Gasteiger partial charge in [-0.15, -0.1) is 0 Å². The summed E-state index contributed by atoms with van der Waals surface area (Å²) in [4.78, 5) is 57.2. The van der Waals surface area contributed by atoms with Crippen molar-refractivity contribution in [1.82, 2.24) is 25.9 Å². The number of amides is 3. The van der Waals surface area contributed by atoms with Crippen molar-refractivity contribution >= 4 is 35.5 Å². The molecule has 0 fully saturated rings. The number of rotatable bonds is 18. The fraction of sp³-hybridized carbons (Fsp3) is 0.696. The minimum atomic E-state index is -1.14. The average Bonchev–Trinajstić information content (AvgIpc) is 3.32. The van der Waals surface area contributed by atoms with E-state index in [9.17, 15) is 24.3 Å². The van der Waals surface area contributed by atoms with Crippen molar-refractivity contribution in [3.63, 3.8) is 0 Å². The molecule has 13 heteroatoms. The summed E-state index contributed by atoms with van der Waals surface area (Å²) in [5.74, 6) is -2.13. The number of aromatic nitrogens is 2. The van der Waals surface area contributed by atoms with Crippen molar-refractivity contribution in [2.45, 2.75) is 76.5 Å². The Morgan fingerprint density at radius 3 is 2.22 bits per heavy atom. The van der Waals surface area contributed by atoms with Crippen LogP contribution in [0.1, 0.15) is 51.6 Å². The van der Waals surface area contributed by atoms with Crippen molar-refractivity contribution in [3.05, 3.63) is 18.2 Å². The van der Waals surface area contributed by atoms with Crippen molar-refractivity contribution in [2.24, 2.45) is 17.4 Å². The second-order valence-corrected chi connectivity index (χ2v) is 10.1. The zero-order chi connectivity index (χ0) is 27.1. The first kappa shape index (κ1) is 31.4. The molecule has 0 bridgehead atoms. The van der Waals surface area contributed by atoms with Gasteiger partial charge in [-0.05, 0) is 56.6 Å². The van der Waals surface area contributed by atoms with Crippen LogP contribution in [-0.4, -0.2) is 81.5 Å². The number of carboxylic acid groups (broad SMARTS) is 1. The van der Waals surface area contributed by atoms with Crippen LogP contribution in [0.2, 0.25) is 0 Å². The van der Waals surface area contributed by atoms with Crippen LogP contribution in [0.3, 0.4) is 0 Å². The van der Waals surface area contributed by atoms with Gasteiger partial charge in [0.1, 0.15) is 18.1 Å². The summed E-state index contributed by atoms with van der Waals surface area (Å²) in [5, 5.41) is 17.4. The van der Waals surface area contributed by atoms with Gasteiger partial charge in [0.2, 0.25) is 17.7 Å². The summed E-state index contributed by atoms with van der Waals surface area (Å²) < 4.78 is 0.